The van der Waals surface area contributed by atoms with Gasteiger partial charge in [-0.3, -0.25) is 0 Å². The lowest BCUT2D eigenvalue weighted by molar-refractivity contribution is 0.472. The van der Waals surface area contributed by atoms with Crippen molar-refractivity contribution in [3.8, 4) is 0 Å². The highest BCUT2D eigenvalue weighted by atomic mass is 35.5. The Morgan fingerprint density at radius 3 is 2.60 bits per heavy atom. The predicted octanol–water partition coefficient (Wildman–Crippen LogP) is 1.79. The summed E-state index contributed by atoms with van der Waals surface area (Å²) in [5, 5.41) is 7.43. The van der Waals surface area contributed by atoms with Gasteiger partial charge in [0.05, 0.1) is 16.8 Å². The van der Waals surface area contributed by atoms with Crippen LogP contribution >= 0.6 is 11.6 Å². The predicted molar refractivity (Wildman–Crippen MR) is 66.1 cm³/mol. The Morgan fingerprint density at radius 1 is 1.40 bits per heavy atom. The van der Waals surface area contributed by atoms with E-state index in [1.54, 1.807) is 0 Å². The standard InChI is InChI=1S/C11H16ClN3/c1-15(2)11-4-3-8(5-10(11)12)14-9-6-13-7-9/h3-5,9,13-14H,6-7H2,1-2H3. The Labute approximate surface area is 95.4 Å². The lowest BCUT2D eigenvalue weighted by Crippen LogP contribution is -2.51. The Morgan fingerprint density at radius 2 is 2.13 bits per heavy atom. The largest absolute Gasteiger partial charge is 0.380 e. The number of rotatable bonds is 3. The number of hydrogen-bond acceptors (Lipinski definition) is 3. The molecule has 1 aromatic rings. The van der Waals surface area contributed by atoms with Gasteiger partial charge in [-0.25, -0.2) is 0 Å². The molecule has 15 heavy (non-hydrogen) atoms. The monoisotopic (exact) mass is 225 g/mol. The summed E-state index contributed by atoms with van der Waals surface area (Å²) in [6, 6.07) is 6.64. The van der Waals surface area contributed by atoms with Crippen molar-refractivity contribution in [3.63, 3.8) is 0 Å². The number of nitrogens with one attached hydrogen (secondary N) is 2. The van der Waals surface area contributed by atoms with Crippen molar-refractivity contribution in [2.75, 3.05) is 37.4 Å². The molecule has 2 rings (SSSR count). The molecular weight excluding hydrogens is 210 g/mol. The van der Waals surface area contributed by atoms with E-state index in [4.69, 9.17) is 11.6 Å². The van der Waals surface area contributed by atoms with Gasteiger partial charge in [-0.15, -0.1) is 0 Å². The Bertz CT molecular complexity index is 348. The Balaban J connectivity index is 2.10. The van der Waals surface area contributed by atoms with Crippen LogP contribution in [-0.2, 0) is 0 Å². The van der Waals surface area contributed by atoms with Crippen LogP contribution in [0, 0.1) is 0 Å². The van der Waals surface area contributed by atoms with E-state index < -0.39 is 0 Å². The molecule has 0 aliphatic carbocycles. The zero-order valence-corrected chi connectivity index (χ0v) is 9.80. The molecule has 0 atom stereocenters. The minimum Gasteiger partial charge on any atom is -0.380 e. The molecule has 1 aromatic carbocycles. The van der Waals surface area contributed by atoms with Gasteiger partial charge in [0.25, 0.3) is 0 Å². The molecule has 2 N–H and O–H groups in total. The molecule has 82 valence electrons. The van der Waals surface area contributed by atoms with Gasteiger partial charge in [-0.2, -0.15) is 0 Å². The van der Waals surface area contributed by atoms with Crippen molar-refractivity contribution in [3.05, 3.63) is 23.2 Å². The summed E-state index contributed by atoms with van der Waals surface area (Å²) in [5.41, 5.74) is 2.14. The first-order valence-corrected chi connectivity index (χ1v) is 5.49. The summed E-state index contributed by atoms with van der Waals surface area (Å²) < 4.78 is 0. The van der Waals surface area contributed by atoms with Crippen LogP contribution in [0.4, 0.5) is 11.4 Å². The van der Waals surface area contributed by atoms with E-state index in [1.165, 1.54) is 0 Å². The molecule has 1 aliphatic rings. The van der Waals surface area contributed by atoms with Gasteiger partial charge in [0.1, 0.15) is 0 Å². The van der Waals surface area contributed by atoms with Crippen molar-refractivity contribution in [1.82, 2.24) is 5.32 Å². The molecule has 0 aromatic heterocycles. The maximum absolute atomic E-state index is 6.17. The smallest absolute Gasteiger partial charge is 0.0659 e. The fourth-order valence-corrected chi connectivity index (χ4v) is 1.94. The molecule has 0 saturated carbocycles. The highest BCUT2D eigenvalue weighted by Crippen LogP contribution is 2.27. The van der Waals surface area contributed by atoms with Crippen molar-refractivity contribution in [2.24, 2.45) is 0 Å². The van der Waals surface area contributed by atoms with Crippen LogP contribution in [0.5, 0.6) is 0 Å². The number of anilines is 2. The fourth-order valence-electron chi connectivity index (χ4n) is 1.59. The van der Waals surface area contributed by atoms with Gasteiger partial charge in [0, 0.05) is 32.9 Å². The molecule has 4 heteroatoms. The molecule has 1 fully saturated rings. The first-order valence-electron chi connectivity index (χ1n) is 5.11. The maximum Gasteiger partial charge on any atom is 0.0659 e. The normalized spacial score (nSPS) is 15.9. The van der Waals surface area contributed by atoms with E-state index in [-0.39, 0.29) is 0 Å². The molecule has 3 nitrogen and oxygen atoms in total. The number of benzene rings is 1. The van der Waals surface area contributed by atoms with E-state index in [0.29, 0.717) is 6.04 Å². The van der Waals surface area contributed by atoms with Crippen LogP contribution < -0.4 is 15.5 Å². The van der Waals surface area contributed by atoms with E-state index in [9.17, 15) is 0 Å². The van der Waals surface area contributed by atoms with Gasteiger partial charge >= 0.3 is 0 Å². The first-order chi connectivity index (χ1) is 7.16. The summed E-state index contributed by atoms with van der Waals surface area (Å²) in [5.74, 6) is 0. The van der Waals surface area contributed by atoms with E-state index in [2.05, 4.69) is 16.7 Å². The second-order valence-electron chi connectivity index (χ2n) is 4.06. The van der Waals surface area contributed by atoms with E-state index >= 15 is 0 Å². The molecule has 0 bridgehead atoms. The lowest BCUT2D eigenvalue weighted by Gasteiger charge is -2.29. The lowest BCUT2D eigenvalue weighted by atomic mass is 10.1. The van der Waals surface area contributed by atoms with Gasteiger partial charge in [-0.05, 0) is 18.2 Å². The Kier molecular flexibility index (Phi) is 3.03. The summed E-state index contributed by atoms with van der Waals surface area (Å²) in [4.78, 5) is 2.01. The topological polar surface area (TPSA) is 27.3 Å². The summed E-state index contributed by atoms with van der Waals surface area (Å²) in [7, 11) is 3.98. The Hall–Kier alpha value is -0.930. The van der Waals surface area contributed by atoms with Crippen LogP contribution in [-0.4, -0.2) is 33.2 Å². The molecule has 1 saturated heterocycles. The second-order valence-corrected chi connectivity index (χ2v) is 4.47. The number of hydrogen-bond donors (Lipinski definition) is 2. The number of nitrogens with zero attached hydrogens (tertiary/aromatic N) is 1. The average molecular weight is 226 g/mol. The average Bonchev–Trinajstić information content (AvgIpc) is 2.11. The van der Waals surface area contributed by atoms with Crippen LogP contribution in [0.3, 0.4) is 0 Å². The van der Waals surface area contributed by atoms with Crippen molar-refractivity contribution in [2.45, 2.75) is 6.04 Å². The van der Waals surface area contributed by atoms with Crippen LogP contribution in [0.25, 0.3) is 0 Å². The summed E-state index contributed by atoms with van der Waals surface area (Å²) >= 11 is 6.17. The van der Waals surface area contributed by atoms with Gasteiger partial charge in [0.2, 0.25) is 0 Å². The third kappa shape index (κ3) is 2.36. The zero-order chi connectivity index (χ0) is 10.8. The highest BCUT2D eigenvalue weighted by molar-refractivity contribution is 6.33. The highest BCUT2D eigenvalue weighted by Gasteiger charge is 2.16. The van der Waals surface area contributed by atoms with Crippen LogP contribution in [0.2, 0.25) is 5.02 Å². The third-order valence-corrected chi connectivity index (χ3v) is 2.88. The van der Waals surface area contributed by atoms with E-state index in [0.717, 1.165) is 29.5 Å². The molecule has 0 unspecified atom stereocenters. The van der Waals surface area contributed by atoms with Gasteiger partial charge < -0.3 is 15.5 Å². The van der Waals surface area contributed by atoms with E-state index in [1.807, 2.05) is 31.1 Å². The molecular formula is C11H16ClN3. The minimum atomic E-state index is 0.547. The molecule has 0 amide bonds. The second kappa shape index (κ2) is 4.29. The third-order valence-electron chi connectivity index (χ3n) is 2.58. The van der Waals surface area contributed by atoms with Gasteiger partial charge in [-0.1, -0.05) is 11.6 Å². The molecule has 0 spiro atoms. The van der Waals surface area contributed by atoms with Gasteiger partial charge in [0.15, 0.2) is 0 Å². The SMILES string of the molecule is CN(C)c1ccc(NC2CNC2)cc1Cl. The quantitative estimate of drug-likeness (QED) is 0.822. The van der Waals surface area contributed by atoms with Crippen molar-refractivity contribution < 1.29 is 0 Å². The summed E-state index contributed by atoms with van der Waals surface area (Å²) in [6.07, 6.45) is 0. The molecule has 1 aliphatic heterocycles. The van der Waals surface area contributed by atoms with Crippen molar-refractivity contribution >= 4 is 23.0 Å². The fraction of sp³-hybridized carbons (Fsp3) is 0.455. The number of halogens is 1. The first kappa shape index (κ1) is 10.6. The van der Waals surface area contributed by atoms with Crippen LogP contribution in [0.1, 0.15) is 0 Å². The summed E-state index contributed by atoms with van der Waals surface area (Å²) in [6.45, 7) is 2.07. The van der Waals surface area contributed by atoms with Crippen molar-refractivity contribution in [1.29, 1.82) is 0 Å². The van der Waals surface area contributed by atoms with Crippen LogP contribution in [0.15, 0.2) is 18.2 Å². The molecule has 0 radical (unpaired) electrons. The maximum atomic E-state index is 6.17. The molecule has 1 heterocycles. The zero-order valence-electron chi connectivity index (χ0n) is 9.05. The minimum absolute atomic E-state index is 0.547.